The van der Waals surface area contributed by atoms with Crippen molar-refractivity contribution in [2.75, 3.05) is 13.1 Å². The molecule has 1 aliphatic heterocycles. The topological polar surface area (TPSA) is 55.6 Å². The molecule has 1 unspecified atom stereocenters. The van der Waals surface area contributed by atoms with Gasteiger partial charge >= 0.3 is 0 Å². The van der Waals surface area contributed by atoms with Crippen molar-refractivity contribution in [3.63, 3.8) is 0 Å². The average Bonchev–Trinajstić information content (AvgIpc) is 3.01. The highest BCUT2D eigenvalue weighted by Gasteiger charge is 2.32. The molecule has 0 radical (unpaired) electrons. The van der Waals surface area contributed by atoms with E-state index in [4.69, 9.17) is 10.5 Å². The first-order chi connectivity index (χ1) is 11.5. The van der Waals surface area contributed by atoms with Crippen LogP contribution >= 0.6 is 15.9 Å². The Morgan fingerprint density at radius 3 is 2.67 bits per heavy atom. The smallest absolute Gasteiger partial charge is 0.268 e. The number of nitrogens with zero attached hydrogens (tertiary/aromatic N) is 1. The Hall–Kier alpha value is -1.92. The summed E-state index contributed by atoms with van der Waals surface area (Å²) in [6, 6.07) is 13.4. The second-order valence-electron chi connectivity index (χ2n) is 5.82. The Labute approximate surface area is 148 Å². The van der Waals surface area contributed by atoms with Gasteiger partial charge in [-0.25, -0.2) is 4.39 Å². The summed E-state index contributed by atoms with van der Waals surface area (Å²) in [6.45, 7) is 1.15. The molecule has 2 aromatic rings. The maximum absolute atomic E-state index is 13.3. The van der Waals surface area contributed by atoms with Crippen molar-refractivity contribution in [1.82, 2.24) is 4.90 Å². The number of hydrogen-bond acceptors (Lipinski definition) is 3. The molecule has 0 bridgehead atoms. The highest BCUT2D eigenvalue weighted by atomic mass is 79.9. The lowest BCUT2D eigenvalue weighted by molar-refractivity contribution is -0.138. The Kier molecular flexibility index (Phi) is 5.16. The zero-order chi connectivity index (χ0) is 17.1. The van der Waals surface area contributed by atoms with Crippen LogP contribution in [0.25, 0.3) is 0 Å². The fraction of sp³-hybridized carbons (Fsp3) is 0.278. The number of carbonyl (C=O) groups is 1. The molecule has 0 saturated carbocycles. The lowest BCUT2D eigenvalue weighted by atomic mass is 10.1. The van der Waals surface area contributed by atoms with Gasteiger partial charge < -0.3 is 15.4 Å². The first-order valence-electron chi connectivity index (χ1n) is 7.75. The molecule has 1 fully saturated rings. The van der Waals surface area contributed by atoms with Gasteiger partial charge in [0.25, 0.3) is 5.91 Å². The van der Waals surface area contributed by atoms with Crippen LogP contribution in [0.5, 0.6) is 5.75 Å². The first-order valence-corrected chi connectivity index (χ1v) is 8.55. The van der Waals surface area contributed by atoms with Crippen LogP contribution in [0.15, 0.2) is 53.0 Å². The van der Waals surface area contributed by atoms with Crippen molar-refractivity contribution in [1.29, 1.82) is 0 Å². The van der Waals surface area contributed by atoms with E-state index in [1.54, 1.807) is 4.90 Å². The Bertz CT molecular complexity index is 726. The normalized spacial score (nSPS) is 18.5. The summed E-state index contributed by atoms with van der Waals surface area (Å²) >= 11 is 3.28. The second kappa shape index (κ2) is 7.32. The van der Waals surface area contributed by atoms with Gasteiger partial charge in [-0.2, -0.15) is 0 Å². The molecule has 0 aliphatic carbocycles. The minimum Gasteiger partial charge on any atom is -0.475 e. The molecule has 3 rings (SSSR count). The van der Waals surface area contributed by atoms with E-state index in [9.17, 15) is 9.18 Å². The number of benzene rings is 2. The fourth-order valence-corrected chi connectivity index (χ4v) is 3.18. The van der Waals surface area contributed by atoms with Crippen LogP contribution in [0.2, 0.25) is 0 Å². The van der Waals surface area contributed by atoms with E-state index in [2.05, 4.69) is 15.9 Å². The molecule has 126 valence electrons. The second-order valence-corrected chi connectivity index (χ2v) is 6.67. The van der Waals surface area contributed by atoms with Crippen LogP contribution in [-0.2, 0) is 4.79 Å². The Balaban J connectivity index is 1.89. The quantitative estimate of drug-likeness (QED) is 0.868. The van der Waals surface area contributed by atoms with Gasteiger partial charge in [-0.1, -0.05) is 30.3 Å². The first kappa shape index (κ1) is 16.9. The Morgan fingerprint density at radius 1 is 1.29 bits per heavy atom. The van der Waals surface area contributed by atoms with Crippen molar-refractivity contribution in [2.24, 2.45) is 5.73 Å². The zero-order valence-electron chi connectivity index (χ0n) is 13.0. The lowest BCUT2D eigenvalue weighted by Crippen LogP contribution is -2.37. The number of halogens is 2. The standard InChI is InChI=1S/C18H18BrFN2O2/c19-15-10-13(20)6-7-16(15)24-17(12-4-2-1-3-5-12)18(23)22-9-8-14(21)11-22/h1-7,10,14,17H,8-9,11,21H2/t14-,17?/m1/s1. The predicted octanol–water partition coefficient (Wildman–Crippen LogP) is 3.27. The molecule has 2 atom stereocenters. The van der Waals surface area contributed by atoms with E-state index < -0.39 is 6.10 Å². The number of carbonyl (C=O) groups excluding carboxylic acids is 1. The van der Waals surface area contributed by atoms with Gasteiger partial charge in [-0.3, -0.25) is 4.79 Å². The van der Waals surface area contributed by atoms with E-state index >= 15 is 0 Å². The molecule has 0 spiro atoms. The lowest BCUT2D eigenvalue weighted by Gasteiger charge is -2.25. The highest BCUT2D eigenvalue weighted by molar-refractivity contribution is 9.10. The molecule has 2 N–H and O–H groups in total. The Morgan fingerprint density at radius 2 is 2.04 bits per heavy atom. The highest BCUT2D eigenvalue weighted by Crippen LogP contribution is 2.31. The van der Waals surface area contributed by atoms with E-state index in [0.717, 1.165) is 12.0 Å². The van der Waals surface area contributed by atoms with E-state index in [-0.39, 0.29) is 17.8 Å². The molecule has 4 nitrogen and oxygen atoms in total. The number of rotatable bonds is 4. The largest absolute Gasteiger partial charge is 0.475 e. The summed E-state index contributed by atoms with van der Waals surface area (Å²) in [5, 5.41) is 0. The fourth-order valence-electron chi connectivity index (χ4n) is 2.74. The van der Waals surface area contributed by atoms with Crippen molar-refractivity contribution in [3.05, 3.63) is 64.4 Å². The minimum atomic E-state index is -0.793. The number of ether oxygens (including phenoxy) is 1. The van der Waals surface area contributed by atoms with Gasteiger partial charge in [0.1, 0.15) is 11.6 Å². The maximum Gasteiger partial charge on any atom is 0.268 e. The zero-order valence-corrected chi connectivity index (χ0v) is 14.6. The molecule has 1 saturated heterocycles. The molecular formula is C18H18BrFN2O2. The van der Waals surface area contributed by atoms with Crippen molar-refractivity contribution in [2.45, 2.75) is 18.6 Å². The minimum absolute atomic E-state index is 0.00271. The van der Waals surface area contributed by atoms with E-state index in [1.165, 1.54) is 18.2 Å². The molecule has 1 aliphatic rings. The summed E-state index contributed by atoms with van der Waals surface area (Å²) in [6.07, 6.45) is -0.00807. The number of likely N-dealkylation sites (tertiary alicyclic amines) is 1. The van der Waals surface area contributed by atoms with Gasteiger partial charge in [0.2, 0.25) is 6.10 Å². The SMILES string of the molecule is N[C@@H]1CCN(C(=O)C(Oc2ccc(F)cc2Br)c2ccccc2)C1. The average molecular weight is 393 g/mol. The third-order valence-electron chi connectivity index (χ3n) is 4.00. The van der Waals surface area contributed by atoms with Crippen LogP contribution in [-0.4, -0.2) is 29.9 Å². The maximum atomic E-state index is 13.3. The predicted molar refractivity (Wildman–Crippen MR) is 93.1 cm³/mol. The van der Waals surface area contributed by atoms with Crippen LogP contribution in [0.4, 0.5) is 4.39 Å². The van der Waals surface area contributed by atoms with Gasteiger partial charge in [0.05, 0.1) is 4.47 Å². The summed E-state index contributed by atoms with van der Waals surface area (Å²) < 4.78 is 19.7. The van der Waals surface area contributed by atoms with Gasteiger partial charge in [0, 0.05) is 24.7 Å². The third-order valence-corrected chi connectivity index (χ3v) is 4.62. The molecular weight excluding hydrogens is 375 g/mol. The molecule has 24 heavy (non-hydrogen) atoms. The third kappa shape index (κ3) is 3.76. The van der Waals surface area contributed by atoms with Crippen molar-refractivity contribution >= 4 is 21.8 Å². The molecule has 2 aromatic carbocycles. The van der Waals surface area contributed by atoms with Crippen LogP contribution in [0.3, 0.4) is 0 Å². The number of amides is 1. The van der Waals surface area contributed by atoms with E-state index in [1.807, 2.05) is 30.3 Å². The van der Waals surface area contributed by atoms with Gasteiger partial charge in [0.15, 0.2) is 0 Å². The van der Waals surface area contributed by atoms with E-state index in [0.29, 0.717) is 23.3 Å². The van der Waals surface area contributed by atoms with Crippen molar-refractivity contribution in [3.8, 4) is 5.75 Å². The van der Waals surface area contributed by atoms with Crippen LogP contribution in [0.1, 0.15) is 18.1 Å². The summed E-state index contributed by atoms with van der Waals surface area (Å²) in [4.78, 5) is 14.7. The summed E-state index contributed by atoms with van der Waals surface area (Å²) in [7, 11) is 0. The molecule has 1 amide bonds. The molecule has 1 heterocycles. The molecule has 0 aromatic heterocycles. The van der Waals surface area contributed by atoms with Crippen molar-refractivity contribution < 1.29 is 13.9 Å². The number of hydrogen-bond donors (Lipinski definition) is 1. The van der Waals surface area contributed by atoms with Crippen LogP contribution in [0, 0.1) is 5.82 Å². The van der Waals surface area contributed by atoms with Gasteiger partial charge in [-0.15, -0.1) is 0 Å². The summed E-state index contributed by atoms with van der Waals surface area (Å²) in [5.41, 5.74) is 6.66. The van der Waals surface area contributed by atoms with Gasteiger partial charge in [-0.05, 0) is 40.5 Å². The summed E-state index contributed by atoms with van der Waals surface area (Å²) in [5.74, 6) is -0.0881. The van der Waals surface area contributed by atoms with Crippen LogP contribution < -0.4 is 10.5 Å². The number of nitrogens with two attached hydrogens (primary N) is 1. The molecule has 6 heteroatoms. The monoisotopic (exact) mass is 392 g/mol.